The average molecular weight is 245 g/mol. The lowest BCUT2D eigenvalue weighted by atomic mass is 9.95. The van der Waals surface area contributed by atoms with Gasteiger partial charge in [-0.05, 0) is 6.92 Å². The van der Waals surface area contributed by atoms with Gasteiger partial charge in [0.2, 0.25) is 0 Å². The van der Waals surface area contributed by atoms with Crippen molar-refractivity contribution in [1.82, 2.24) is 0 Å². The number of hydrogen-bond donors (Lipinski definition) is 0. The van der Waals surface area contributed by atoms with Crippen LogP contribution < -0.4 is 0 Å². The molecule has 0 aromatic rings. The lowest BCUT2D eigenvalue weighted by Crippen LogP contribution is -2.23. The Hall–Kier alpha value is -1.64. The van der Waals surface area contributed by atoms with E-state index in [1.807, 2.05) is 0 Å². The molecule has 0 atom stereocenters. The van der Waals surface area contributed by atoms with Gasteiger partial charge < -0.3 is 9.47 Å². The second-order valence-electron chi connectivity index (χ2n) is 3.64. The molecular formula is C11H13F2NO3. The third-order valence-corrected chi connectivity index (χ3v) is 2.29. The number of nitriles is 1. The maximum absolute atomic E-state index is 13.0. The third-order valence-electron chi connectivity index (χ3n) is 2.29. The zero-order chi connectivity index (χ0) is 12.9. The molecule has 17 heavy (non-hydrogen) atoms. The number of alkyl halides is 2. The molecule has 1 aliphatic carbocycles. The summed E-state index contributed by atoms with van der Waals surface area (Å²) in [5.74, 6) is -3.26. The van der Waals surface area contributed by atoms with E-state index in [4.69, 9.17) is 10.00 Å². The van der Waals surface area contributed by atoms with Crippen LogP contribution in [0.4, 0.5) is 8.78 Å². The number of allylic oxidation sites excluding steroid dienone is 2. The van der Waals surface area contributed by atoms with Gasteiger partial charge in [0, 0.05) is 19.3 Å². The molecule has 0 aliphatic heterocycles. The molecule has 0 saturated carbocycles. The minimum atomic E-state index is -2.86. The van der Waals surface area contributed by atoms with E-state index in [-0.39, 0.29) is 37.4 Å². The number of carbonyl (C=O) groups is 1. The van der Waals surface area contributed by atoms with Crippen molar-refractivity contribution in [2.75, 3.05) is 13.2 Å². The van der Waals surface area contributed by atoms with E-state index in [2.05, 4.69) is 4.74 Å². The van der Waals surface area contributed by atoms with E-state index in [0.29, 0.717) is 0 Å². The van der Waals surface area contributed by atoms with Crippen LogP contribution in [-0.4, -0.2) is 25.1 Å². The maximum Gasteiger partial charge on any atom is 0.344 e. The van der Waals surface area contributed by atoms with E-state index in [1.165, 1.54) is 0 Å². The van der Waals surface area contributed by atoms with E-state index in [0.717, 1.165) is 0 Å². The van der Waals surface area contributed by atoms with Crippen molar-refractivity contribution in [1.29, 1.82) is 5.26 Å². The molecule has 0 N–H and O–H groups in total. The zero-order valence-corrected chi connectivity index (χ0v) is 9.46. The van der Waals surface area contributed by atoms with Gasteiger partial charge in [0.25, 0.3) is 5.92 Å². The van der Waals surface area contributed by atoms with Crippen molar-refractivity contribution in [2.45, 2.75) is 32.1 Å². The Morgan fingerprint density at radius 1 is 1.59 bits per heavy atom. The topological polar surface area (TPSA) is 59.3 Å². The molecule has 0 bridgehead atoms. The summed E-state index contributed by atoms with van der Waals surface area (Å²) in [7, 11) is 0. The Kier molecular flexibility index (Phi) is 4.44. The van der Waals surface area contributed by atoms with Gasteiger partial charge in [0.05, 0.1) is 18.2 Å². The first-order chi connectivity index (χ1) is 7.98. The van der Waals surface area contributed by atoms with Crippen LogP contribution in [0.25, 0.3) is 0 Å². The lowest BCUT2D eigenvalue weighted by Gasteiger charge is -2.23. The molecule has 0 amide bonds. The van der Waals surface area contributed by atoms with E-state index in [1.54, 1.807) is 13.0 Å². The number of ether oxygens (including phenoxy) is 2. The highest BCUT2D eigenvalue weighted by atomic mass is 19.3. The van der Waals surface area contributed by atoms with Crippen molar-refractivity contribution in [3.8, 4) is 6.07 Å². The molecule has 0 aromatic carbocycles. The molecule has 0 spiro atoms. The maximum atomic E-state index is 13.0. The summed E-state index contributed by atoms with van der Waals surface area (Å²) in [6, 6.07) is 1.69. The van der Waals surface area contributed by atoms with Crippen molar-refractivity contribution >= 4 is 5.97 Å². The molecule has 0 fully saturated rings. The Morgan fingerprint density at radius 3 is 2.88 bits per heavy atom. The molecule has 4 nitrogen and oxygen atoms in total. The van der Waals surface area contributed by atoms with Gasteiger partial charge in [-0.1, -0.05) is 0 Å². The summed E-state index contributed by atoms with van der Waals surface area (Å²) < 4.78 is 35.7. The van der Waals surface area contributed by atoms with Gasteiger partial charge in [-0.3, -0.25) is 0 Å². The van der Waals surface area contributed by atoms with Crippen LogP contribution in [0.15, 0.2) is 11.3 Å². The predicted molar refractivity (Wildman–Crippen MR) is 54.0 cm³/mol. The first kappa shape index (κ1) is 13.4. The third kappa shape index (κ3) is 4.02. The van der Waals surface area contributed by atoms with E-state index >= 15 is 0 Å². The number of esters is 1. The number of carbonyl (C=O) groups excluding carboxylic acids is 1. The van der Waals surface area contributed by atoms with E-state index in [9.17, 15) is 13.6 Å². The highest BCUT2D eigenvalue weighted by Crippen LogP contribution is 2.36. The van der Waals surface area contributed by atoms with Gasteiger partial charge >= 0.3 is 5.97 Å². The lowest BCUT2D eigenvalue weighted by molar-refractivity contribution is -0.147. The Labute approximate surface area is 97.8 Å². The highest BCUT2D eigenvalue weighted by molar-refractivity contribution is 5.70. The van der Waals surface area contributed by atoms with Crippen molar-refractivity contribution < 1.29 is 23.0 Å². The van der Waals surface area contributed by atoms with Crippen LogP contribution in [0.5, 0.6) is 0 Å². The van der Waals surface area contributed by atoms with Crippen LogP contribution in [-0.2, 0) is 14.3 Å². The molecule has 94 valence electrons. The van der Waals surface area contributed by atoms with Gasteiger partial charge in [0.15, 0.2) is 6.61 Å². The molecular weight excluding hydrogens is 232 g/mol. The number of halogens is 2. The largest absolute Gasteiger partial charge is 0.485 e. The van der Waals surface area contributed by atoms with Crippen molar-refractivity contribution in [3.05, 3.63) is 11.3 Å². The molecule has 0 heterocycles. The fourth-order valence-corrected chi connectivity index (χ4v) is 1.50. The van der Waals surface area contributed by atoms with Crippen LogP contribution in [0.2, 0.25) is 0 Å². The van der Waals surface area contributed by atoms with Gasteiger partial charge in [0.1, 0.15) is 5.76 Å². The SMILES string of the molecule is CCOC(=O)COC1=C(C#N)CC(F)(F)CC1. The summed E-state index contributed by atoms with van der Waals surface area (Å²) in [4.78, 5) is 11.0. The number of hydrogen-bond acceptors (Lipinski definition) is 4. The fourth-order valence-electron chi connectivity index (χ4n) is 1.50. The van der Waals surface area contributed by atoms with Crippen molar-refractivity contribution in [2.24, 2.45) is 0 Å². The normalized spacial score (nSPS) is 18.5. The van der Waals surface area contributed by atoms with Crippen LogP contribution in [0, 0.1) is 11.3 Å². The molecule has 0 unspecified atom stereocenters. The first-order valence-corrected chi connectivity index (χ1v) is 5.27. The van der Waals surface area contributed by atoms with Gasteiger partial charge in [-0.15, -0.1) is 0 Å². The monoisotopic (exact) mass is 245 g/mol. The summed E-state index contributed by atoms with van der Waals surface area (Å²) in [6.45, 7) is 1.53. The minimum Gasteiger partial charge on any atom is -0.485 e. The molecule has 0 radical (unpaired) electrons. The van der Waals surface area contributed by atoms with Gasteiger partial charge in [-0.25, -0.2) is 13.6 Å². The highest BCUT2D eigenvalue weighted by Gasteiger charge is 2.36. The van der Waals surface area contributed by atoms with Crippen LogP contribution in [0.1, 0.15) is 26.2 Å². The Balaban J connectivity index is 2.60. The molecule has 0 saturated heterocycles. The van der Waals surface area contributed by atoms with Gasteiger partial charge in [-0.2, -0.15) is 5.26 Å². The first-order valence-electron chi connectivity index (χ1n) is 5.27. The summed E-state index contributed by atoms with van der Waals surface area (Å²) >= 11 is 0. The molecule has 1 rings (SSSR count). The number of rotatable bonds is 4. The Bertz CT molecular complexity index is 371. The number of nitrogens with zero attached hydrogens (tertiary/aromatic N) is 1. The smallest absolute Gasteiger partial charge is 0.344 e. The second kappa shape index (κ2) is 5.62. The summed E-state index contributed by atoms with van der Waals surface area (Å²) in [6.07, 6.45) is -1.02. The average Bonchev–Trinajstić information content (AvgIpc) is 2.27. The fraction of sp³-hybridized carbons (Fsp3) is 0.636. The van der Waals surface area contributed by atoms with E-state index < -0.39 is 18.3 Å². The van der Waals surface area contributed by atoms with Crippen LogP contribution in [0.3, 0.4) is 0 Å². The minimum absolute atomic E-state index is 0.0324. The molecule has 6 heteroatoms. The summed E-state index contributed by atoms with van der Waals surface area (Å²) in [5, 5.41) is 8.72. The Morgan fingerprint density at radius 2 is 2.29 bits per heavy atom. The summed E-state index contributed by atoms with van der Waals surface area (Å²) in [5.41, 5.74) is -0.0921. The standard InChI is InChI=1S/C11H13F2NO3/c1-2-16-10(15)7-17-9-3-4-11(12,13)5-8(9)6-14/h2-5,7H2,1H3. The predicted octanol–water partition coefficient (Wildman–Crippen LogP) is 2.16. The molecule has 0 aromatic heterocycles. The van der Waals surface area contributed by atoms with Crippen LogP contribution >= 0.6 is 0 Å². The van der Waals surface area contributed by atoms with Crippen molar-refractivity contribution in [3.63, 3.8) is 0 Å². The quantitative estimate of drug-likeness (QED) is 0.712. The molecule has 1 aliphatic rings. The second-order valence-corrected chi connectivity index (χ2v) is 3.64. The zero-order valence-electron chi connectivity index (χ0n) is 9.46.